The van der Waals surface area contributed by atoms with Crippen LogP contribution in [0.2, 0.25) is 0 Å². The molecule has 2 fully saturated rings. The standard InChI is InChI=1S/C9H17NO2S4/c11-1-7(2-12)10(8-3-13-14-4-8)9-5-15-16-6-9/h7-9,11-12H,1-6H2. The molecule has 0 bridgehead atoms. The lowest BCUT2D eigenvalue weighted by molar-refractivity contribution is 0.0379. The summed E-state index contributed by atoms with van der Waals surface area (Å²) in [4.78, 5) is 2.38. The van der Waals surface area contributed by atoms with Gasteiger partial charge in [-0.1, -0.05) is 43.2 Å². The molecule has 2 aliphatic rings. The van der Waals surface area contributed by atoms with Crippen molar-refractivity contribution in [3.05, 3.63) is 0 Å². The van der Waals surface area contributed by atoms with Gasteiger partial charge in [0.25, 0.3) is 0 Å². The van der Waals surface area contributed by atoms with Crippen molar-refractivity contribution in [2.24, 2.45) is 0 Å². The molecule has 2 aliphatic heterocycles. The second-order valence-corrected chi connectivity index (χ2v) is 9.02. The summed E-state index contributed by atoms with van der Waals surface area (Å²) >= 11 is 0. The van der Waals surface area contributed by atoms with Crippen molar-refractivity contribution in [3.8, 4) is 0 Å². The van der Waals surface area contributed by atoms with Crippen molar-refractivity contribution in [2.45, 2.75) is 18.1 Å². The Morgan fingerprint density at radius 3 is 1.56 bits per heavy atom. The fourth-order valence-corrected chi connectivity index (χ4v) is 7.60. The van der Waals surface area contributed by atoms with Gasteiger partial charge >= 0.3 is 0 Å². The molecular weight excluding hydrogens is 282 g/mol. The number of hydrogen-bond donors (Lipinski definition) is 2. The van der Waals surface area contributed by atoms with Gasteiger partial charge in [0.15, 0.2) is 0 Å². The van der Waals surface area contributed by atoms with Gasteiger partial charge in [-0.2, -0.15) is 0 Å². The molecule has 2 heterocycles. The first kappa shape index (κ1) is 13.7. The Hall–Kier alpha value is 1.28. The summed E-state index contributed by atoms with van der Waals surface area (Å²) in [5.41, 5.74) is 0. The molecule has 0 amide bonds. The maximum atomic E-state index is 9.39. The van der Waals surface area contributed by atoms with Crippen LogP contribution < -0.4 is 0 Å². The summed E-state index contributed by atoms with van der Waals surface area (Å²) in [7, 11) is 7.62. The molecule has 7 heteroatoms. The molecule has 0 atom stereocenters. The quantitative estimate of drug-likeness (QED) is 0.739. The van der Waals surface area contributed by atoms with E-state index in [-0.39, 0.29) is 19.3 Å². The van der Waals surface area contributed by atoms with Crippen molar-refractivity contribution >= 4 is 43.2 Å². The molecule has 2 saturated heterocycles. The number of aliphatic hydroxyl groups is 2. The van der Waals surface area contributed by atoms with Gasteiger partial charge in [0, 0.05) is 35.1 Å². The highest BCUT2D eigenvalue weighted by atomic mass is 33.1. The summed E-state index contributed by atoms with van der Waals surface area (Å²) in [6.07, 6.45) is 0. The van der Waals surface area contributed by atoms with E-state index in [4.69, 9.17) is 0 Å². The third-order valence-corrected chi connectivity index (χ3v) is 7.94. The number of hydrogen-bond acceptors (Lipinski definition) is 7. The monoisotopic (exact) mass is 299 g/mol. The Kier molecular flexibility index (Phi) is 6.01. The maximum absolute atomic E-state index is 9.39. The lowest BCUT2D eigenvalue weighted by Gasteiger charge is -2.38. The first-order valence-corrected chi connectivity index (χ1v) is 10.3. The topological polar surface area (TPSA) is 43.7 Å². The minimum atomic E-state index is -0.0754. The Morgan fingerprint density at radius 1 is 0.875 bits per heavy atom. The lowest BCUT2D eigenvalue weighted by atomic mass is 10.1. The van der Waals surface area contributed by atoms with E-state index in [0.717, 1.165) is 23.0 Å². The fourth-order valence-electron chi connectivity index (χ4n) is 2.09. The van der Waals surface area contributed by atoms with Crippen LogP contribution in [0.1, 0.15) is 0 Å². The first-order valence-electron chi connectivity index (χ1n) is 5.34. The Balaban J connectivity index is 2.03. The van der Waals surface area contributed by atoms with Crippen LogP contribution in [0, 0.1) is 0 Å². The van der Waals surface area contributed by atoms with E-state index in [1.807, 2.05) is 43.2 Å². The van der Waals surface area contributed by atoms with Crippen molar-refractivity contribution < 1.29 is 10.2 Å². The average Bonchev–Trinajstić information content (AvgIpc) is 2.98. The number of aliphatic hydroxyl groups excluding tert-OH is 2. The van der Waals surface area contributed by atoms with Gasteiger partial charge < -0.3 is 10.2 Å². The first-order chi connectivity index (χ1) is 7.86. The fraction of sp³-hybridized carbons (Fsp3) is 1.00. The zero-order chi connectivity index (χ0) is 11.4. The van der Waals surface area contributed by atoms with E-state index in [1.165, 1.54) is 0 Å². The Morgan fingerprint density at radius 2 is 1.25 bits per heavy atom. The van der Waals surface area contributed by atoms with Crippen molar-refractivity contribution in [1.29, 1.82) is 0 Å². The van der Waals surface area contributed by atoms with Gasteiger partial charge in [-0.15, -0.1) is 0 Å². The van der Waals surface area contributed by atoms with E-state index in [1.54, 1.807) is 0 Å². The van der Waals surface area contributed by atoms with Crippen molar-refractivity contribution in [3.63, 3.8) is 0 Å². The molecular formula is C9H17NO2S4. The van der Waals surface area contributed by atoms with Crippen LogP contribution in [0.5, 0.6) is 0 Å². The van der Waals surface area contributed by atoms with Crippen LogP contribution >= 0.6 is 43.2 Å². The van der Waals surface area contributed by atoms with Gasteiger partial charge in [-0.05, 0) is 0 Å². The highest BCUT2D eigenvalue weighted by Crippen LogP contribution is 2.39. The van der Waals surface area contributed by atoms with Crippen LogP contribution in [0.25, 0.3) is 0 Å². The molecule has 2 N–H and O–H groups in total. The summed E-state index contributed by atoms with van der Waals surface area (Å²) in [6, 6.07) is 0.959. The molecule has 0 unspecified atom stereocenters. The molecule has 2 rings (SSSR count). The highest BCUT2D eigenvalue weighted by molar-refractivity contribution is 8.77. The molecule has 16 heavy (non-hydrogen) atoms. The zero-order valence-electron chi connectivity index (χ0n) is 8.95. The minimum absolute atomic E-state index is 0.0637. The van der Waals surface area contributed by atoms with E-state index >= 15 is 0 Å². The second-order valence-electron chi connectivity index (χ2n) is 3.91. The van der Waals surface area contributed by atoms with Crippen LogP contribution in [0.3, 0.4) is 0 Å². The van der Waals surface area contributed by atoms with E-state index in [0.29, 0.717) is 12.1 Å². The van der Waals surface area contributed by atoms with Crippen LogP contribution in [0.4, 0.5) is 0 Å². The van der Waals surface area contributed by atoms with Crippen LogP contribution in [-0.4, -0.2) is 69.5 Å². The Bertz CT molecular complexity index is 187. The van der Waals surface area contributed by atoms with E-state index < -0.39 is 0 Å². The molecule has 0 radical (unpaired) electrons. The summed E-state index contributed by atoms with van der Waals surface area (Å²) < 4.78 is 0. The average molecular weight is 300 g/mol. The molecule has 0 aromatic carbocycles. The van der Waals surface area contributed by atoms with Gasteiger partial charge in [0.2, 0.25) is 0 Å². The van der Waals surface area contributed by atoms with Crippen LogP contribution in [-0.2, 0) is 0 Å². The molecule has 3 nitrogen and oxygen atoms in total. The molecule has 0 aromatic heterocycles. The maximum Gasteiger partial charge on any atom is 0.0609 e. The van der Waals surface area contributed by atoms with E-state index in [2.05, 4.69) is 4.90 Å². The predicted molar refractivity (Wildman–Crippen MR) is 77.2 cm³/mol. The summed E-state index contributed by atoms with van der Waals surface area (Å²) in [5.74, 6) is 4.47. The predicted octanol–water partition coefficient (Wildman–Crippen LogP) is 1.17. The zero-order valence-corrected chi connectivity index (χ0v) is 12.2. The SMILES string of the molecule is OCC(CO)N(C1CSSC1)C1CSSC1. The molecule has 0 aromatic rings. The normalized spacial score (nSPS) is 24.0. The smallest absolute Gasteiger partial charge is 0.0609 e. The van der Waals surface area contributed by atoms with E-state index in [9.17, 15) is 10.2 Å². The largest absolute Gasteiger partial charge is 0.395 e. The van der Waals surface area contributed by atoms with Gasteiger partial charge in [0.1, 0.15) is 0 Å². The Labute approximate surface area is 112 Å². The van der Waals surface area contributed by atoms with Gasteiger partial charge in [-0.3, -0.25) is 4.90 Å². The number of nitrogens with zero attached hydrogens (tertiary/aromatic N) is 1. The third kappa shape index (κ3) is 3.18. The molecule has 0 saturated carbocycles. The van der Waals surface area contributed by atoms with Crippen molar-refractivity contribution in [2.75, 3.05) is 36.2 Å². The third-order valence-electron chi connectivity index (χ3n) is 2.89. The lowest BCUT2D eigenvalue weighted by Crippen LogP contribution is -2.54. The summed E-state index contributed by atoms with van der Waals surface area (Å²) in [6.45, 7) is 0.127. The van der Waals surface area contributed by atoms with Crippen molar-refractivity contribution in [1.82, 2.24) is 4.90 Å². The van der Waals surface area contributed by atoms with Crippen LogP contribution in [0.15, 0.2) is 0 Å². The number of rotatable bonds is 5. The summed E-state index contributed by atoms with van der Waals surface area (Å²) in [5, 5.41) is 18.8. The second kappa shape index (κ2) is 7.01. The minimum Gasteiger partial charge on any atom is -0.395 e. The van der Waals surface area contributed by atoms with Gasteiger partial charge in [-0.25, -0.2) is 0 Å². The molecule has 94 valence electrons. The molecule has 0 spiro atoms. The highest BCUT2D eigenvalue weighted by Gasteiger charge is 2.36. The van der Waals surface area contributed by atoms with Gasteiger partial charge in [0.05, 0.1) is 19.3 Å². The molecule has 0 aliphatic carbocycles.